The zero-order valence-corrected chi connectivity index (χ0v) is 13.5. The number of aryl methyl sites for hydroxylation is 2. The Labute approximate surface area is 137 Å². The maximum Gasteiger partial charge on any atom is 0.270 e. The lowest BCUT2D eigenvalue weighted by Gasteiger charge is -2.05. The molecule has 0 aliphatic carbocycles. The molecule has 3 rings (SSSR count). The molecule has 0 spiro atoms. The fourth-order valence-electron chi connectivity index (χ4n) is 2.51. The zero-order chi connectivity index (χ0) is 16.6. The Morgan fingerprint density at radius 1 is 1.17 bits per heavy atom. The Hall–Kier alpha value is -2.60. The third kappa shape index (κ3) is 2.73. The smallest absolute Gasteiger partial charge is 0.270 e. The maximum absolute atomic E-state index is 11.6. The number of carbonyl (C=O) groups excluding carboxylic acids is 1. The van der Waals surface area contributed by atoms with Crippen LogP contribution in [0.3, 0.4) is 0 Å². The fourth-order valence-corrected chi connectivity index (χ4v) is 3.51. The summed E-state index contributed by atoms with van der Waals surface area (Å²) in [7, 11) is 1.86. The predicted molar refractivity (Wildman–Crippen MR) is 90.3 cm³/mol. The minimum Gasteiger partial charge on any atom is -0.338 e. The van der Waals surface area contributed by atoms with Crippen LogP contribution in [0, 0.1) is 17.0 Å². The van der Waals surface area contributed by atoms with Crippen LogP contribution in [-0.2, 0) is 7.05 Å². The number of carbonyl (C=O) groups is 1. The largest absolute Gasteiger partial charge is 0.338 e. The number of rotatable bonds is 4. The van der Waals surface area contributed by atoms with Crippen molar-refractivity contribution < 1.29 is 9.72 Å². The Balaban J connectivity index is 2.15. The number of benzene rings is 2. The molecule has 1 aromatic heterocycles. The summed E-state index contributed by atoms with van der Waals surface area (Å²) < 4.78 is 1.90. The van der Waals surface area contributed by atoms with Gasteiger partial charge in [0, 0.05) is 35.0 Å². The van der Waals surface area contributed by atoms with Crippen LogP contribution in [0.4, 0.5) is 5.69 Å². The topological polar surface area (TPSA) is 65.1 Å². The molecule has 0 fully saturated rings. The molecule has 1 heterocycles. The van der Waals surface area contributed by atoms with E-state index in [1.807, 2.05) is 42.8 Å². The van der Waals surface area contributed by atoms with Crippen LogP contribution in [0.2, 0.25) is 0 Å². The molecular weight excluding hydrogens is 312 g/mol. The van der Waals surface area contributed by atoms with Crippen molar-refractivity contribution in [2.45, 2.75) is 16.8 Å². The quantitative estimate of drug-likeness (QED) is 0.406. The Kier molecular flexibility index (Phi) is 3.92. The molecule has 0 aliphatic rings. The number of aldehydes is 1. The second kappa shape index (κ2) is 5.89. The minimum absolute atomic E-state index is 0.0157. The highest BCUT2D eigenvalue weighted by molar-refractivity contribution is 7.99. The molecule has 116 valence electrons. The lowest BCUT2D eigenvalue weighted by molar-refractivity contribution is -0.384. The first-order valence-electron chi connectivity index (χ1n) is 6.98. The summed E-state index contributed by atoms with van der Waals surface area (Å²) in [6.07, 6.45) is 0.766. The fraction of sp³-hybridized carbons (Fsp3) is 0.118. The molecule has 0 unspecified atom stereocenters. The van der Waals surface area contributed by atoms with Crippen LogP contribution in [-0.4, -0.2) is 15.8 Å². The van der Waals surface area contributed by atoms with E-state index in [1.165, 1.54) is 23.9 Å². The molecule has 5 nitrogen and oxygen atoms in total. The average Bonchev–Trinajstić information content (AvgIpc) is 2.81. The SMILES string of the molecule is Cc1ccc(Sc2c(C=O)c3cc([N+](=O)[O-])ccc3n2C)cc1. The van der Waals surface area contributed by atoms with Gasteiger partial charge in [0.15, 0.2) is 6.29 Å². The molecule has 0 N–H and O–H groups in total. The van der Waals surface area contributed by atoms with Gasteiger partial charge >= 0.3 is 0 Å². The molecule has 0 saturated heterocycles. The van der Waals surface area contributed by atoms with Crippen LogP contribution >= 0.6 is 11.8 Å². The minimum atomic E-state index is -0.451. The van der Waals surface area contributed by atoms with E-state index in [0.29, 0.717) is 10.9 Å². The first-order valence-corrected chi connectivity index (χ1v) is 7.79. The summed E-state index contributed by atoms with van der Waals surface area (Å²) in [4.78, 5) is 23.1. The molecule has 2 aromatic carbocycles. The van der Waals surface area contributed by atoms with Gasteiger partial charge in [-0.25, -0.2) is 0 Å². The van der Waals surface area contributed by atoms with Crippen molar-refractivity contribution in [3.8, 4) is 0 Å². The van der Waals surface area contributed by atoms with E-state index < -0.39 is 4.92 Å². The van der Waals surface area contributed by atoms with Gasteiger partial charge in [0.05, 0.1) is 15.5 Å². The molecule has 0 radical (unpaired) electrons. The lowest BCUT2D eigenvalue weighted by Crippen LogP contribution is -1.91. The molecular formula is C17H14N2O3S. The molecule has 0 saturated carbocycles. The van der Waals surface area contributed by atoms with E-state index in [0.717, 1.165) is 27.3 Å². The standard InChI is InChI=1S/C17H14N2O3S/c1-11-3-6-13(7-4-11)23-17-15(10-20)14-9-12(19(21)22)5-8-16(14)18(17)2/h3-10H,1-2H3. The van der Waals surface area contributed by atoms with Crippen LogP contribution in [0.1, 0.15) is 15.9 Å². The number of non-ortho nitro benzene ring substituents is 1. The van der Waals surface area contributed by atoms with Gasteiger partial charge < -0.3 is 4.57 Å². The van der Waals surface area contributed by atoms with E-state index in [2.05, 4.69) is 0 Å². The Morgan fingerprint density at radius 3 is 2.48 bits per heavy atom. The molecule has 6 heteroatoms. The Bertz CT molecular complexity index is 914. The normalized spacial score (nSPS) is 10.9. The van der Waals surface area contributed by atoms with E-state index in [1.54, 1.807) is 6.07 Å². The number of nitro benzene ring substituents is 1. The number of nitrogens with zero attached hydrogens (tertiary/aromatic N) is 2. The summed E-state index contributed by atoms with van der Waals surface area (Å²) in [6.45, 7) is 2.02. The van der Waals surface area contributed by atoms with Crippen LogP contribution in [0.25, 0.3) is 10.9 Å². The van der Waals surface area contributed by atoms with Gasteiger partial charge in [-0.15, -0.1) is 0 Å². The monoisotopic (exact) mass is 326 g/mol. The predicted octanol–water partition coefficient (Wildman–Crippen LogP) is 4.36. The van der Waals surface area contributed by atoms with Gasteiger partial charge in [0.1, 0.15) is 0 Å². The number of hydrogen-bond acceptors (Lipinski definition) is 4. The van der Waals surface area contributed by atoms with Gasteiger partial charge in [-0.05, 0) is 25.1 Å². The third-order valence-corrected chi connectivity index (χ3v) is 4.93. The van der Waals surface area contributed by atoms with Crippen molar-refractivity contribution in [1.29, 1.82) is 0 Å². The number of hydrogen-bond donors (Lipinski definition) is 0. The molecule has 3 aromatic rings. The Morgan fingerprint density at radius 2 is 1.87 bits per heavy atom. The van der Waals surface area contributed by atoms with E-state index in [9.17, 15) is 14.9 Å². The second-order valence-corrected chi connectivity index (χ2v) is 6.33. The maximum atomic E-state index is 11.6. The van der Waals surface area contributed by atoms with Gasteiger partial charge in [0.25, 0.3) is 5.69 Å². The zero-order valence-electron chi connectivity index (χ0n) is 12.6. The molecule has 0 atom stereocenters. The lowest BCUT2D eigenvalue weighted by atomic mass is 10.2. The average molecular weight is 326 g/mol. The van der Waals surface area contributed by atoms with Crippen molar-refractivity contribution >= 4 is 34.6 Å². The van der Waals surface area contributed by atoms with Crippen molar-refractivity contribution in [2.24, 2.45) is 7.05 Å². The molecule has 23 heavy (non-hydrogen) atoms. The highest BCUT2D eigenvalue weighted by Gasteiger charge is 2.18. The van der Waals surface area contributed by atoms with E-state index in [-0.39, 0.29) is 5.69 Å². The first-order chi connectivity index (χ1) is 11.0. The van der Waals surface area contributed by atoms with Crippen molar-refractivity contribution in [3.63, 3.8) is 0 Å². The second-order valence-electron chi connectivity index (χ2n) is 5.27. The summed E-state index contributed by atoms with van der Waals surface area (Å²) in [5, 5.41) is 12.3. The number of aromatic nitrogens is 1. The number of nitro groups is 1. The molecule has 0 aliphatic heterocycles. The van der Waals surface area contributed by atoms with E-state index >= 15 is 0 Å². The van der Waals surface area contributed by atoms with Gasteiger partial charge in [-0.2, -0.15) is 0 Å². The summed E-state index contributed by atoms with van der Waals surface area (Å²) in [5.41, 5.74) is 2.43. The van der Waals surface area contributed by atoms with Gasteiger partial charge in [-0.1, -0.05) is 29.5 Å². The van der Waals surface area contributed by atoms with Gasteiger partial charge in [0.2, 0.25) is 0 Å². The van der Waals surface area contributed by atoms with Crippen molar-refractivity contribution in [3.05, 3.63) is 63.7 Å². The van der Waals surface area contributed by atoms with Gasteiger partial charge in [-0.3, -0.25) is 14.9 Å². The highest BCUT2D eigenvalue weighted by Crippen LogP contribution is 2.37. The summed E-state index contributed by atoms with van der Waals surface area (Å²) >= 11 is 1.48. The van der Waals surface area contributed by atoms with E-state index in [4.69, 9.17) is 0 Å². The highest BCUT2D eigenvalue weighted by atomic mass is 32.2. The van der Waals surface area contributed by atoms with Crippen molar-refractivity contribution in [1.82, 2.24) is 4.57 Å². The summed E-state index contributed by atoms with van der Waals surface area (Å²) in [5.74, 6) is 0. The van der Waals surface area contributed by atoms with Crippen molar-refractivity contribution in [2.75, 3.05) is 0 Å². The first kappa shape index (κ1) is 15.3. The summed E-state index contributed by atoms with van der Waals surface area (Å²) in [6, 6.07) is 12.6. The molecule has 0 bridgehead atoms. The van der Waals surface area contributed by atoms with Crippen LogP contribution in [0.5, 0.6) is 0 Å². The van der Waals surface area contributed by atoms with Crippen LogP contribution in [0.15, 0.2) is 52.4 Å². The third-order valence-electron chi connectivity index (χ3n) is 3.73. The van der Waals surface area contributed by atoms with Crippen LogP contribution < -0.4 is 0 Å². The molecule has 0 amide bonds. The number of fused-ring (bicyclic) bond motifs is 1.